The van der Waals surface area contributed by atoms with Gasteiger partial charge >= 0.3 is 5.97 Å². The van der Waals surface area contributed by atoms with Gasteiger partial charge in [-0.2, -0.15) is 0 Å². The maximum absolute atomic E-state index is 13.4. The topological polar surface area (TPSA) is 35.5 Å². The van der Waals surface area contributed by atoms with Crippen LogP contribution in [0, 0.1) is 11.8 Å². The minimum atomic E-state index is -0.247. The average Bonchev–Trinajstić information content (AvgIpc) is 2.98. The molecule has 5 rings (SSSR count). The summed E-state index contributed by atoms with van der Waals surface area (Å²) in [6.45, 7) is 4.65. The first-order valence-electron chi connectivity index (χ1n) is 14.6. The van der Waals surface area contributed by atoms with E-state index in [4.69, 9.17) is 9.47 Å². The summed E-state index contributed by atoms with van der Waals surface area (Å²) >= 11 is 0. The number of ether oxygens (including phenoxy) is 2. The van der Waals surface area contributed by atoms with Gasteiger partial charge in [-0.15, -0.1) is 0 Å². The lowest BCUT2D eigenvalue weighted by atomic mass is 9.76. The highest BCUT2D eigenvalue weighted by atomic mass is 16.5. The Bertz CT molecular complexity index is 1160. The van der Waals surface area contributed by atoms with Crippen molar-refractivity contribution < 1.29 is 14.3 Å². The van der Waals surface area contributed by atoms with Gasteiger partial charge in [0.05, 0.1) is 6.10 Å². The van der Waals surface area contributed by atoms with Crippen LogP contribution >= 0.6 is 0 Å². The van der Waals surface area contributed by atoms with E-state index < -0.39 is 0 Å². The normalized spacial score (nSPS) is 25.2. The number of carbonyl (C=O) groups excluding carboxylic acids is 1. The van der Waals surface area contributed by atoms with Gasteiger partial charge in [0.15, 0.2) is 0 Å². The molecule has 200 valence electrons. The van der Waals surface area contributed by atoms with Gasteiger partial charge in [0.25, 0.3) is 0 Å². The Labute approximate surface area is 228 Å². The van der Waals surface area contributed by atoms with E-state index in [-0.39, 0.29) is 18.2 Å². The van der Waals surface area contributed by atoms with Gasteiger partial charge in [-0.1, -0.05) is 86.6 Å². The standard InChI is InChI=1S/C35H42O3/c1-25(27-13-5-3-6-14-27)29-17-11-19-31(23-29)37-34-22-10-9-21-33(34)35(36)38-32-20-12-18-30(24-32)26(2)28-15-7-4-8-16-28/h3-10,13-16,21-22,25-26,29-32H,11-12,17-20,23-24H2,1-2H3. The van der Waals surface area contributed by atoms with E-state index in [1.807, 2.05) is 24.3 Å². The lowest BCUT2D eigenvalue weighted by molar-refractivity contribution is 0.0118. The van der Waals surface area contributed by atoms with E-state index >= 15 is 0 Å². The highest BCUT2D eigenvalue weighted by Gasteiger charge is 2.31. The SMILES string of the molecule is CC(c1ccccc1)C1CCCC(OC(=O)c2ccccc2OC2CCCC(C(C)c3ccccc3)C2)C1. The van der Waals surface area contributed by atoms with Crippen molar-refractivity contribution in [3.05, 3.63) is 102 Å². The summed E-state index contributed by atoms with van der Waals surface area (Å²) in [5, 5.41) is 0. The molecule has 2 aliphatic rings. The quantitative estimate of drug-likeness (QED) is 0.284. The fourth-order valence-electron chi connectivity index (χ4n) is 6.67. The predicted molar refractivity (Wildman–Crippen MR) is 154 cm³/mol. The van der Waals surface area contributed by atoms with Gasteiger partial charge in [-0.3, -0.25) is 0 Å². The van der Waals surface area contributed by atoms with Crippen LogP contribution < -0.4 is 4.74 Å². The third-order valence-electron chi connectivity index (χ3n) is 9.07. The Balaban J connectivity index is 1.21. The molecule has 0 radical (unpaired) electrons. The summed E-state index contributed by atoms with van der Waals surface area (Å²) in [6, 6.07) is 29.2. The fraction of sp³-hybridized carbons (Fsp3) is 0.457. The van der Waals surface area contributed by atoms with Crippen molar-refractivity contribution in [2.75, 3.05) is 0 Å². The van der Waals surface area contributed by atoms with Crippen LogP contribution in [0.2, 0.25) is 0 Å². The Hall–Kier alpha value is -3.07. The molecule has 0 bridgehead atoms. The summed E-state index contributed by atoms with van der Waals surface area (Å²) < 4.78 is 12.7. The molecule has 0 aromatic heterocycles. The lowest BCUT2D eigenvalue weighted by Gasteiger charge is -2.34. The molecule has 0 heterocycles. The molecule has 2 aliphatic carbocycles. The molecule has 0 N–H and O–H groups in total. The molecule has 0 saturated heterocycles. The monoisotopic (exact) mass is 510 g/mol. The van der Waals surface area contributed by atoms with Gasteiger partial charge in [0, 0.05) is 0 Å². The fourth-order valence-corrected chi connectivity index (χ4v) is 6.67. The first-order chi connectivity index (χ1) is 18.6. The third-order valence-corrected chi connectivity index (χ3v) is 9.07. The summed E-state index contributed by atoms with van der Waals surface area (Å²) in [7, 11) is 0. The molecular formula is C35H42O3. The van der Waals surface area contributed by atoms with E-state index in [0.717, 1.165) is 38.5 Å². The van der Waals surface area contributed by atoms with Gasteiger partial charge in [0.2, 0.25) is 0 Å². The van der Waals surface area contributed by atoms with Gasteiger partial charge in [0.1, 0.15) is 17.4 Å². The van der Waals surface area contributed by atoms with Gasteiger partial charge in [-0.25, -0.2) is 4.79 Å². The van der Waals surface area contributed by atoms with E-state index in [2.05, 4.69) is 74.5 Å². The molecule has 0 aliphatic heterocycles. The van der Waals surface area contributed by atoms with Crippen molar-refractivity contribution in [1.82, 2.24) is 0 Å². The van der Waals surface area contributed by atoms with Gasteiger partial charge in [-0.05, 0) is 98.3 Å². The van der Waals surface area contributed by atoms with Crippen molar-refractivity contribution in [2.24, 2.45) is 11.8 Å². The molecular weight excluding hydrogens is 468 g/mol. The third kappa shape index (κ3) is 6.49. The van der Waals surface area contributed by atoms with Crippen LogP contribution in [0.4, 0.5) is 0 Å². The van der Waals surface area contributed by atoms with Crippen molar-refractivity contribution in [3.8, 4) is 5.75 Å². The van der Waals surface area contributed by atoms with E-state index in [9.17, 15) is 4.79 Å². The molecule has 2 saturated carbocycles. The Morgan fingerprint density at radius 2 is 1.16 bits per heavy atom. The van der Waals surface area contributed by atoms with Crippen LogP contribution in [0.25, 0.3) is 0 Å². The zero-order valence-corrected chi connectivity index (χ0v) is 22.9. The maximum Gasteiger partial charge on any atom is 0.342 e. The largest absolute Gasteiger partial charge is 0.490 e. The number of para-hydroxylation sites is 1. The first kappa shape index (κ1) is 26.5. The maximum atomic E-state index is 13.4. The van der Waals surface area contributed by atoms with Crippen molar-refractivity contribution in [2.45, 2.75) is 89.3 Å². The Morgan fingerprint density at radius 1 is 0.658 bits per heavy atom. The van der Waals surface area contributed by atoms with Crippen molar-refractivity contribution >= 4 is 5.97 Å². The Kier molecular flexibility index (Phi) is 8.83. The first-order valence-corrected chi connectivity index (χ1v) is 14.6. The molecule has 0 spiro atoms. The highest BCUT2D eigenvalue weighted by molar-refractivity contribution is 5.92. The summed E-state index contributed by atoms with van der Waals surface area (Å²) in [4.78, 5) is 13.4. The molecule has 6 atom stereocenters. The van der Waals surface area contributed by atoms with Crippen molar-refractivity contribution in [1.29, 1.82) is 0 Å². The van der Waals surface area contributed by atoms with E-state index in [1.54, 1.807) is 0 Å². The smallest absolute Gasteiger partial charge is 0.342 e. The minimum absolute atomic E-state index is 0.0359. The predicted octanol–water partition coefficient (Wildman–Crippen LogP) is 8.95. The number of benzene rings is 3. The summed E-state index contributed by atoms with van der Waals surface area (Å²) in [5.74, 6) is 2.50. The number of carbonyl (C=O) groups is 1. The van der Waals surface area contributed by atoms with Crippen LogP contribution in [0.5, 0.6) is 5.75 Å². The van der Waals surface area contributed by atoms with Crippen LogP contribution in [0.15, 0.2) is 84.9 Å². The zero-order chi connectivity index (χ0) is 26.3. The second-order valence-electron chi connectivity index (χ2n) is 11.5. The number of rotatable bonds is 8. The van der Waals surface area contributed by atoms with Crippen LogP contribution in [0.1, 0.15) is 98.5 Å². The molecule has 2 fully saturated rings. The molecule has 0 amide bonds. The van der Waals surface area contributed by atoms with Crippen molar-refractivity contribution in [3.63, 3.8) is 0 Å². The molecule has 6 unspecified atom stereocenters. The number of esters is 1. The second-order valence-corrected chi connectivity index (χ2v) is 11.5. The Morgan fingerprint density at radius 3 is 1.76 bits per heavy atom. The van der Waals surface area contributed by atoms with Crippen LogP contribution in [-0.4, -0.2) is 18.2 Å². The van der Waals surface area contributed by atoms with Crippen LogP contribution in [0.3, 0.4) is 0 Å². The van der Waals surface area contributed by atoms with Gasteiger partial charge < -0.3 is 9.47 Å². The zero-order valence-electron chi connectivity index (χ0n) is 22.9. The number of hydrogen-bond acceptors (Lipinski definition) is 3. The molecule has 3 heteroatoms. The minimum Gasteiger partial charge on any atom is -0.490 e. The number of hydrogen-bond donors (Lipinski definition) is 0. The second kappa shape index (κ2) is 12.7. The molecule has 3 aromatic rings. The van der Waals surface area contributed by atoms with Crippen LogP contribution in [-0.2, 0) is 4.74 Å². The van der Waals surface area contributed by atoms with E-state index in [1.165, 1.54) is 24.0 Å². The highest BCUT2D eigenvalue weighted by Crippen LogP contribution is 2.39. The molecule has 3 nitrogen and oxygen atoms in total. The summed E-state index contributed by atoms with van der Waals surface area (Å²) in [5.41, 5.74) is 3.33. The molecule has 38 heavy (non-hydrogen) atoms. The summed E-state index contributed by atoms with van der Waals surface area (Å²) in [6.07, 6.45) is 8.66. The lowest BCUT2D eigenvalue weighted by Crippen LogP contribution is -2.30. The van der Waals surface area contributed by atoms with E-state index in [0.29, 0.717) is 35.0 Å². The molecule has 3 aromatic carbocycles. The average molecular weight is 511 g/mol.